The fourth-order valence-electron chi connectivity index (χ4n) is 2.93. The second-order valence-electron chi connectivity index (χ2n) is 6.35. The molecule has 0 unspecified atom stereocenters. The molecule has 7 nitrogen and oxygen atoms in total. The number of benzene rings is 1. The number of methoxy groups -OCH3 is 1. The first-order valence-electron chi connectivity index (χ1n) is 8.69. The summed E-state index contributed by atoms with van der Waals surface area (Å²) in [5.41, 5.74) is -0.822. The number of hydrogen-bond donors (Lipinski definition) is 2. The number of alkyl halides is 3. The van der Waals surface area contributed by atoms with Crippen molar-refractivity contribution in [2.45, 2.75) is 31.5 Å². The average molecular weight is 396 g/mol. The molecule has 0 radical (unpaired) electrons. The van der Waals surface area contributed by atoms with Gasteiger partial charge in [-0.3, -0.25) is 9.59 Å². The predicted molar refractivity (Wildman–Crippen MR) is 93.2 cm³/mol. The number of carbonyl (C=O) groups is 2. The van der Waals surface area contributed by atoms with Crippen LogP contribution in [0.25, 0.3) is 5.69 Å². The highest BCUT2D eigenvalue weighted by Gasteiger charge is 2.31. The van der Waals surface area contributed by atoms with Crippen molar-refractivity contribution in [3.05, 3.63) is 41.7 Å². The molecule has 2 heterocycles. The fourth-order valence-corrected chi connectivity index (χ4v) is 2.93. The minimum Gasteiger partial charge on any atom is -0.493 e. The Morgan fingerprint density at radius 3 is 2.86 bits per heavy atom. The maximum absolute atomic E-state index is 12.9. The van der Waals surface area contributed by atoms with E-state index in [0.717, 1.165) is 29.7 Å². The van der Waals surface area contributed by atoms with Gasteiger partial charge in [0.25, 0.3) is 5.91 Å². The molecular weight excluding hydrogens is 377 g/mol. The summed E-state index contributed by atoms with van der Waals surface area (Å²) in [7, 11) is 1.32. The normalized spacial score (nSPS) is 17.6. The molecule has 3 rings (SSSR count). The van der Waals surface area contributed by atoms with E-state index in [4.69, 9.17) is 4.74 Å². The van der Waals surface area contributed by atoms with Gasteiger partial charge < -0.3 is 15.4 Å². The van der Waals surface area contributed by atoms with E-state index in [1.165, 1.54) is 25.4 Å². The quantitative estimate of drug-likeness (QED) is 0.831. The topological polar surface area (TPSA) is 85.2 Å². The number of ether oxygens (including phenoxy) is 1. The fraction of sp³-hybridized carbons (Fsp3) is 0.389. The molecule has 0 aliphatic carbocycles. The third-order valence-corrected chi connectivity index (χ3v) is 4.39. The maximum Gasteiger partial charge on any atom is 0.416 e. The highest BCUT2D eigenvalue weighted by Crippen LogP contribution is 2.30. The van der Waals surface area contributed by atoms with Gasteiger partial charge in [-0.25, -0.2) is 4.68 Å². The summed E-state index contributed by atoms with van der Waals surface area (Å²) in [6.45, 7) is 0.554. The number of hydrogen-bond acceptors (Lipinski definition) is 4. The van der Waals surface area contributed by atoms with Crippen molar-refractivity contribution in [1.29, 1.82) is 0 Å². The van der Waals surface area contributed by atoms with Crippen molar-refractivity contribution < 1.29 is 27.5 Å². The molecule has 1 aliphatic rings. The van der Waals surface area contributed by atoms with Gasteiger partial charge in [0.05, 0.1) is 24.6 Å². The number of amides is 2. The predicted octanol–water partition coefficient (Wildman–Crippen LogP) is 2.30. The van der Waals surface area contributed by atoms with Crippen LogP contribution in [0.4, 0.5) is 13.2 Å². The summed E-state index contributed by atoms with van der Waals surface area (Å²) in [4.78, 5) is 24.6. The first kappa shape index (κ1) is 19.7. The number of carbonyl (C=O) groups excluding carboxylic acids is 2. The Labute approximate surface area is 158 Å². The summed E-state index contributed by atoms with van der Waals surface area (Å²) in [5.74, 6) is -0.823. The van der Waals surface area contributed by atoms with Gasteiger partial charge in [0, 0.05) is 6.54 Å². The van der Waals surface area contributed by atoms with Crippen LogP contribution in [0, 0.1) is 0 Å². The highest BCUT2D eigenvalue weighted by atomic mass is 19.4. The molecule has 2 aromatic rings. The molecule has 150 valence electrons. The molecule has 1 saturated heterocycles. The van der Waals surface area contributed by atoms with Crippen LogP contribution in [0.3, 0.4) is 0 Å². The molecule has 1 aliphatic heterocycles. The van der Waals surface area contributed by atoms with Crippen LogP contribution in [0.2, 0.25) is 0 Å². The van der Waals surface area contributed by atoms with E-state index < -0.39 is 23.7 Å². The monoisotopic (exact) mass is 396 g/mol. The molecule has 28 heavy (non-hydrogen) atoms. The van der Waals surface area contributed by atoms with Gasteiger partial charge in [-0.2, -0.15) is 18.3 Å². The Kier molecular flexibility index (Phi) is 5.57. The average Bonchev–Trinajstić information content (AvgIpc) is 3.00. The van der Waals surface area contributed by atoms with E-state index in [9.17, 15) is 22.8 Å². The Morgan fingerprint density at radius 2 is 2.14 bits per heavy atom. The van der Waals surface area contributed by atoms with Crippen LogP contribution in [0.5, 0.6) is 5.75 Å². The lowest BCUT2D eigenvalue weighted by Gasteiger charge is -2.14. The summed E-state index contributed by atoms with van der Waals surface area (Å²) in [6.07, 6.45) is -1.09. The van der Waals surface area contributed by atoms with Crippen molar-refractivity contribution in [2.24, 2.45) is 0 Å². The van der Waals surface area contributed by atoms with E-state index in [0.29, 0.717) is 13.0 Å². The number of aromatic nitrogens is 2. The smallest absolute Gasteiger partial charge is 0.416 e. The Hall–Kier alpha value is -3.04. The first-order chi connectivity index (χ1) is 13.3. The molecule has 1 aromatic heterocycles. The van der Waals surface area contributed by atoms with Crippen molar-refractivity contribution in [1.82, 2.24) is 20.4 Å². The van der Waals surface area contributed by atoms with E-state index in [2.05, 4.69) is 15.7 Å². The van der Waals surface area contributed by atoms with Gasteiger partial charge in [-0.15, -0.1) is 0 Å². The molecule has 0 bridgehead atoms. The highest BCUT2D eigenvalue weighted by molar-refractivity contribution is 5.98. The maximum atomic E-state index is 12.9. The Balaban J connectivity index is 1.86. The third-order valence-electron chi connectivity index (χ3n) is 4.39. The number of nitrogens with one attached hydrogen (secondary N) is 2. The van der Waals surface area contributed by atoms with E-state index >= 15 is 0 Å². The molecule has 2 N–H and O–H groups in total. The summed E-state index contributed by atoms with van der Waals surface area (Å²) >= 11 is 0. The van der Waals surface area contributed by atoms with Gasteiger partial charge in [0.2, 0.25) is 5.91 Å². The largest absolute Gasteiger partial charge is 0.493 e. The number of rotatable bonds is 4. The molecule has 1 aromatic carbocycles. The van der Waals surface area contributed by atoms with Gasteiger partial charge in [-0.05, 0) is 37.5 Å². The zero-order valence-electron chi connectivity index (χ0n) is 15.0. The number of halogens is 3. The van der Waals surface area contributed by atoms with E-state index in [1.54, 1.807) is 0 Å². The second-order valence-corrected chi connectivity index (χ2v) is 6.35. The van der Waals surface area contributed by atoms with Crippen molar-refractivity contribution in [2.75, 3.05) is 13.7 Å². The standard InChI is InChI=1S/C18H19F3N4O3/c1-28-14-10-25(12-6-4-5-11(9-12)18(19,20)21)24-15(14)17(27)23-13-7-2-3-8-22-16(13)26/h4-6,9-10,13H,2-3,7-8H2,1H3,(H,22,26)(H,23,27)/t13-/m0/s1. The molecule has 1 atom stereocenters. The Bertz CT molecular complexity index is 879. The lowest BCUT2D eigenvalue weighted by Crippen LogP contribution is -2.45. The van der Waals surface area contributed by atoms with Crippen molar-refractivity contribution >= 4 is 11.8 Å². The van der Waals surface area contributed by atoms with Crippen LogP contribution in [-0.4, -0.2) is 41.3 Å². The summed E-state index contributed by atoms with van der Waals surface area (Å²) < 4.78 is 45.1. The first-order valence-corrected chi connectivity index (χ1v) is 8.69. The number of nitrogens with zero attached hydrogens (tertiary/aromatic N) is 2. The van der Waals surface area contributed by atoms with Crippen molar-refractivity contribution in [3.63, 3.8) is 0 Å². The minimum absolute atomic E-state index is 0.0870. The van der Waals surface area contributed by atoms with Crippen LogP contribution >= 0.6 is 0 Å². The van der Waals surface area contributed by atoms with Gasteiger partial charge in [0.1, 0.15) is 6.04 Å². The lowest BCUT2D eigenvalue weighted by molar-refractivity contribution is -0.137. The summed E-state index contributed by atoms with van der Waals surface area (Å²) in [5, 5.41) is 9.40. The molecule has 1 fully saturated rings. The van der Waals surface area contributed by atoms with Gasteiger partial charge >= 0.3 is 6.18 Å². The SMILES string of the molecule is COc1cn(-c2cccc(C(F)(F)F)c2)nc1C(=O)N[C@H]1CCCCNC1=O. The lowest BCUT2D eigenvalue weighted by atomic mass is 10.1. The molecule has 0 spiro atoms. The van der Waals surface area contributed by atoms with E-state index in [1.807, 2.05) is 0 Å². The van der Waals surface area contributed by atoms with Crippen LogP contribution in [0.15, 0.2) is 30.5 Å². The van der Waals surface area contributed by atoms with Crippen LogP contribution in [-0.2, 0) is 11.0 Å². The zero-order valence-corrected chi connectivity index (χ0v) is 15.0. The molecule has 2 amide bonds. The molecular formula is C18H19F3N4O3. The minimum atomic E-state index is -4.50. The van der Waals surface area contributed by atoms with Gasteiger partial charge in [-0.1, -0.05) is 6.07 Å². The summed E-state index contributed by atoms with van der Waals surface area (Å²) in [6, 6.07) is 3.86. The molecule has 0 saturated carbocycles. The van der Waals surface area contributed by atoms with Crippen LogP contribution in [0.1, 0.15) is 35.3 Å². The van der Waals surface area contributed by atoms with Crippen LogP contribution < -0.4 is 15.4 Å². The van der Waals surface area contributed by atoms with Gasteiger partial charge in [0.15, 0.2) is 11.4 Å². The second kappa shape index (κ2) is 7.91. The van der Waals surface area contributed by atoms with Crippen molar-refractivity contribution in [3.8, 4) is 11.4 Å². The van der Waals surface area contributed by atoms with E-state index in [-0.39, 0.29) is 23.0 Å². The zero-order chi connectivity index (χ0) is 20.3. The Morgan fingerprint density at radius 1 is 1.36 bits per heavy atom. The molecule has 10 heteroatoms. The third kappa shape index (κ3) is 4.26.